The maximum atomic E-state index is 12.3. The van der Waals surface area contributed by atoms with Crippen molar-refractivity contribution in [1.29, 1.82) is 0 Å². The SMILES string of the molecule is CC(Oc1ccc(Br)cc1)C(=O)NCc1cccc(OCc2ccccn2)c1. The lowest BCUT2D eigenvalue weighted by molar-refractivity contribution is -0.127. The Bertz CT molecular complexity index is 901. The largest absolute Gasteiger partial charge is 0.487 e. The van der Waals surface area contributed by atoms with Crippen LogP contribution in [-0.4, -0.2) is 17.0 Å². The Labute approximate surface area is 172 Å². The van der Waals surface area contributed by atoms with Crippen LogP contribution in [0.25, 0.3) is 0 Å². The average molecular weight is 441 g/mol. The summed E-state index contributed by atoms with van der Waals surface area (Å²) in [7, 11) is 0. The highest BCUT2D eigenvalue weighted by Crippen LogP contribution is 2.18. The van der Waals surface area contributed by atoms with Crippen molar-refractivity contribution in [3.05, 3.63) is 88.7 Å². The summed E-state index contributed by atoms with van der Waals surface area (Å²) in [6.07, 6.45) is 1.15. The summed E-state index contributed by atoms with van der Waals surface area (Å²) in [4.78, 5) is 16.5. The van der Waals surface area contributed by atoms with Gasteiger partial charge in [0.25, 0.3) is 5.91 Å². The summed E-state index contributed by atoms with van der Waals surface area (Å²) in [6, 6.07) is 20.7. The zero-order valence-corrected chi connectivity index (χ0v) is 17.1. The molecule has 1 N–H and O–H groups in total. The molecule has 0 spiro atoms. The topological polar surface area (TPSA) is 60.5 Å². The maximum Gasteiger partial charge on any atom is 0.261 e. The molecule has 1 atom stereocenters. The second-order valence-electron chi connectivity index (χ2n) is 6.19. The van der Waals surface area contributed by atoms with Crippen LogP contribution in [0.1, 0.15) is 18.2 Å². The van der Waals surface area contributed by atoms with Gasteiger partial charge in [-0.15, -0.1) is 0 Å². The summed E-state index contributed by atoms with van der Waals surface area (Å²) in [5, 5.41) is 2.89. The predicted molar refractivity (Wildman–Crippen MR) is 111 cm³/mol. The first kappa shape index (κ1) is 19.9. The third-order valence-corrected chi connectivity index (χ3v) is 4.50. The first-order valence-electron chi connectivity index (χ1n) is 8.92. The van der Waals surface area contributed by atoms with Gasteiger partial charge in [0.2, 0.25) is 0 Å². The van der Waals surface area contributed by atoms with Crippen LogP contribution in [0.4, 0.5) is 0 Å². The van der Waals surface area contributed by atoms with Crippen molar-refractivity contribution in [2.24, 2.45) is 0 Å². The van der Waals surface area contributed by atoms with E-state index in [2.05, 4.69) is 26.2 Å². The van der Waals surface area contributed by atoms with E-state index in [0.29, 0.717) is 18.9 Å². The van der Waals surface area contributed by atoms with Crippen molar-refractivity contribution in [2.45, 2.75) is 26.2 Å². The molecule has 6 heteroatoms. The standard InChI is InChI=1S/C22H21BrN2O3/c1-16(28-20-10-8-18(23)9-11-20)22(26)25-14-17-5-4-7-21(13-17)27-15-19-6-2-3-12-24-19/h2-13,16H,14-15H2,1H3,(H,25,26). The van der Waals surface area contributed by atoms with Gasteiger partial charge >= 0.3 is 0 Å². The Morgan fingerprint density at radius 3 is 2.64 bits per heavy atom. The number of halogens is 1. The number of nitrogens with zero attached hydrogens (tertiary/aromatic N) is 1. The van der Waals surface area contributed by atoms with Crippen LogP contribution in [0.2, 0.25) is 0 Å². The second-order valence-corrected chi connectivity index (χ2v) is 7.10. The first-order chi connectivity index (χ1) is 13.6. The van der Waals surface area contributed by atoms with E-state index in [1.165, 1.54) is 0 Å². The minimum Gasteiger partial charge on any atom is -0.487 e. The van der Waals surface area contributed by atoms with Gasteiger partial charge in [-0.2, -0.15) is 0 Å². The highest BCUT2D eigenvalue weighted by Gasteiger charge is 2.14. The molecule has 5 nitrogen and oxygen atoms in total. The molecule has 3 rings (SSSR count). The van der Waals surface area contributed by atoms with Gasteiger partial charge in [-0.1, -0.05) is 34.1 Å². The normalized spacial score (nSPS) is 11.5. The van der Waals surface area contributed by atoms with E-state index in [-0.39, 0.29) is 5.91 Å². The van der Waals surface area contributed by atoms with Crippen molar-refractivity contribution in [3.63, 3.8) is 0 Å². The van der Waals surface area contributed by atoms with Crippen LogP contribution in [0.3, 0.4) is 0 Å². The molecule has 28 heavy (non-hydrogen) atoms. The molecular formula is C22H21BrN2O3. The highest BCUT2D eigenvalue weighted by atomic mass is 79.9. The van der Waals surface area contributed by atoms with Gasteiger partial charge in [0.05, 0.1) is 5.69 Å². The van der Waals surface area contributed by atoms with Crippen molar-refractivity contribution in [1.82, 2.24) is 10.3 Å². The molecule has 0 fully saturated rings. The molecule has 0 aliphatic carbocycles. The van der Waals surface area contributed by atoms with Crippen LogP contribution in [0.15, 0.2) is 77.4 Å². The molecule has 1 amide bonds. The number of nitrogens with one attached hydrogen (secondary N) is 1. The summed E-state index contributed by atoms with van der Waals surface area (Å²) >= 11 is 3.37. The van der Waals surface area contributed by atoms with Gasteiger partial charge in [-0.25, -0.2) is 0 Å². The number of amides is 1. The van der Waals surface area contributed by atoms with E-state index >= 15 is 0 Å². The number of aromatic nitrogens is 1. The zero-order valence-electron chi connectivity index (χ0n) is 15.5. The molecule has 0 radical (unpaired) electrons. The van der Waals surface area contributed by atoms with Gasteiger partial charge in [0.15, 0.2) is 6.10 Å². The van der Waals surface area contributed by atoms with E-state index in [4.69, 9.17) is 9.47 Å². The number of pyridine rings is 1. The minimum atomic E-state index is -0.593. The number of ether oxygens (including phenoxy) is 2. The third-order valence-electron chi connectivity index (χ3n) is 3.97. The Balaban J connectivity index is 1.49. The highest BCUT2D eigenvalue weighted by molar-refractivity contribution is 9.10. The van der Waals surface area contributed by atoms with E-state index in [1.807, 2.05) is 66.7 Å². The lowest BCUT2D eigenvalue weighted by Crippen LogP contribution is -2.35. The molecular weight excluding hydrogens is 420 g/mol. The van der Waals surface area contributed by atoms with E-state index in [9.17, 15) is 4.79 Å². The van der Waals surface area contributed by atoms with Crippen LogP contribution < -0.4 is 14.8 Å². The number of hydrogen-bond acceptors (Lipinski definition) is 4. The quantitative estimate of drug-likeness (QED) is 0.559. The lowest BCUT2D eigenvalue weighted by Gasteiger charge is -2.15. The fraction of sp³-hybridized carbons (Fsp3) is 0.182. The Hall–Kier alpha value is -2.86. The van der Waals surface area contributed by atoms with Crippen molar-refractivity contribution < 1.29 is 14.3 Å². The molecule has 0 aliphatic rings. The molecule has 144 valence electrons. The molecule has 1 unspecified atom stereocenters. The number of rotatable bonds is 8. The fourth-order valence-electron chi connectivity index (χ4n) is 2.49. The van der Waals surface area contributed by atoms with E-state index < -0.39 is 6.10 Å². The fourth-order valence-corrected chi connectivity index (χ4v) is 2.75. The average Bonchev–Trinajstić information content (AvgIpc) is 2.73. The van der Waals surface area contributed by atoms with Crippen LogP contribution in [0.5, 0.6) is 11.5 Å². The van der Waals surface area contributed by atoms with Crippen molar-refractivity contribution in [3.8, 4) is 11.5 Å². The minimum absolute atomic E-state index is 0.178. The third kappa shape index (κ3) is 6.09. The molecule has 0 saturated heterocycles. The molecule has 0 aliphatic heterocycles. The number of hydrogen-bond donors (Lipinski definition) is 1. The van der Waals surface area contributed by atoms with Gasteiger partial charge in [-0.05, 0) is 61.0 Å². The predicted octanol–water partition coefficient (Wildman–Crippen LogP) is 4.51. The second kappa shape index (κ2) is 9.90. The number of benzene rings is 2. The summed E-state index contributed by atoms with van der Waals surface area (Å²) in [6.45, 7) is 2.52. The molecule has 1 aromatic heterocycles. The lowest BCUT2D eigenvalue weighted by atomic mass is 10.2. The van der Waals surface area contributed by atoms with Gasteiger partial charge < -0.3 is 14.8 Å². The first-order valence-corrected chi connectivity index (χ1v) is 9.71. The van der Waals surface area contributed by atoms with E-state index in [0.717, 1.165) is 21.5 Å². The van der Waals surface area contributed by atoms with Gasteiger partial charge in [0.1, 0.15) is 18.1 Å². The summed E-state index contributed by atoms with van der Waals surface area (Å²) < 4.78 is 12.4. The molecule has 2 aromatic carbocycles. The molecule has 0 bridgehead atoms. The number of carbonyl (C=O) groups is 1. The summed E-state index contributed by atoms with van der Waals surface area (Å²) in [5.74, 6) is 1.20. The van der Waals surface area contributed by atoms with Crippen molar-refractivity contribution >= 4 is 21.8 Å². The number of carbonyl (C=O) groups excluding carboxylic acids is 1. The van der Waals surface area contributed by atoms with Crippen LogP contribution in [-0.2, 0) is 17.9 Å². The van der Waals surface area contributed by atoms with Crippen LogP contribution in [0, 0.1) is 0 Å². The zero-order chi connectivity index (χ0) is 19.8. The van der Waals surface area contributed by atoms with Gasteiger partial charge in [-0.3, -0.25) is 9.78 Å². The smallest absolute Gasteiger partial charge is 0.261 e. The van der Waals surface area contributed by atoms with E-state index in [1.54, 1.807) is 13.1 Å². The Morgan fingerprint density at radius 1 is 1.07 bits per heavy atom. The van der Waals surface area contributed by atoms with Gasteiger partial charge in [0, 0.05) is 17.2 Å². The van der Waals surface area contributed by atoms with Crippen molar-refractivity contribution in [2.75, 3.05) is 0 Å². The molecule has 0 saturated carbocycles. The van der Waals surface area contributed by atoms with Crippen LogP contribution >= 0.6 is 15.9 Å². The molecule has 3 aromatic rings. The Morgan fingerprint density at radius 2 is 1.89 bits per heavy atom. The monoisotopic (exact) mass is 440 g/mol. The molecule has 1 heterocycles. The summed E-state index contributed by atoms with van der Waals surface area (Å²) in [5.41, 5.74) is 1.81. The maximum absolute atomic E-state index is 12.3. The Kier molecular flexibility index (Phi) is 7.03.